The Hall–Kier alpha value is -1.46. The van der Waals surface area contributed by atoms with Gasteiger partial charge in [-0.2, -0.15) is 0 Å². The fourth-order valence-electron chi connectivity index (χ4n) is 2.41. The average molecular weight is 312 g/mol. The molecule has 0 aliphatic carbocycles. The summed E-state index contributed by atoms with van der Waals surface area (Å²) in [6.45, 7) is 6.92. The number of halogens is 1. The zero-order chi connectivity index (χ0) is 15.2. The Labute approximate surface area is 130 Å². The molecular weight excluding hydrogens is 290 g/mol. The van der Waals surface area contributed by atoms with Crippen molar-refractivity contribution in [3.05, 3.63) is 23.2 Å². The van der Waals surface area contributed by atoms with E-state index in [2.05, 4.69) is 17.1 Å². The standard InChI is InChI=1S/C15H22ClN3O2/c1-3-18-6-8-19(9-7-18)15(20)11-17-13-10-12(16)4-5-14(13)21-2/h4-5,10,17H,3,6-9,11H2,1-2H3. The molecule has 116 valence electrons. The summed E-state index contributed by atoms with van der Waals surface area (Å²) in [7, 11) is 1.60. The third-order valence-corrected chi connectivity index (χ3v) is 4.00. The van der Waals surface area contributed by atoms with E-state index in [1.54, 1.807) is 25.3 Å². The van der Waals surface area contributed by atoms with Crippen molar-refractivity contribution in [2.45, 2.75) is 6.92 Å². The highest BCUT2D eigenvalue weighted by molar-refractivity contribution is 6.30. The Morgan fingerprint density at radius 1 is 1.33 bits per heavy atom. The number of hydrogen-bond donors (Lipinski definition) is 1. The minimum atomic E-state index is 0.104. The van der Waals surface area contributed by atoms with Gasteiger partial charge in [0, 0.05) is 31.2 Å². The second-order valence-electron chi connectivity index (χ2n) is 5.01. The van der Waals surface area contributed by atoms with Crippen LogP contribution in [-0.2, 0) is 4.79 Å². The maximum Gasteiger partial charge on any atom is 0.241 e. The lowest BCUT2D eigenvalue weighted by Gasteiger charge is -2.34. The summed E-state index contributed by atoms with van der Waals surface area (Å²) in [5.74, 6) is 0.788. The molecule has 1 amide bonds. The van der Waals surface area contributed by atoms with Crippen molar-refractivity contribution in [3.8, 4) is 5.75 Å². The number of nitrogens with zero attached hydrogens (tertiary/aromatic N) is 2. The molecule has 6 heteroatoms. The second-order valence-corrected chi connectivity index (χ2v) is 5.45. The van der Waals surface area contributed by atoms with Crippen molar-refractivity contribution in [2.75, 3.05) is 51.7 Å². The van der Waals surface area contributed by atoms with Crippen LogP contribution in [0.4, 0.5) is 5.69 Å². The van der Waals surface area contributed by atoms with Crippen LogP contribution in [0, 0.1) is 0 Å². The van der Waals surface area contributed by atoms with Crippen LogP contribution < -0.4 is 10.1 Å². The number of anilines is 1. The van der Waals surface area contributed by atoms with E-state index in [9.17, 15) is 4.79 Å². The molecule has 1 aromatic carbocycles. The maximum atomic E-state index is 12.2. The minimum Gasteiger partial charge on any atom is -0.495 e. The first-order chi connectivity index (χ1) is 10.1. The van der Waals surface area contributed by atoms with Crippen LogP contribution in [0.15, 0.2) is 18.2 Å². The Morgan fingerprint density at radius 3 is 2.67 bits per heavy atom. The molecule has 0 atom stereocenters. The summed E-state index contributed by atoms with van der Waals surface area (Å²) in [6, 6.07) is 5.31. The topological polar surface area (TPSA) is 44.8 Å². The molecule has 1 heterocycles. The number of benzene rings is 1. The molecule has 1 fully saturated rings. The van der Waals surface area contributed by atoms with Gasteiger partial charge >= 0.3 is 0 Å². The number of nitrogens with one attached hydrogen (secondary N) is 1. The Balaban J connectivity index is 1.88. The van der Waals surface area contributed by atoms with E-state index in [1.807, 2.05) is 4.90 Å². The molecule has 0 bridgehead atoms. The summed E-state index contributed by atoms with van der Waals surface area (Å²) < 4.78 is 5.25. The van der Waals surface area contributed by atoms with Crippen LogP contribution in [0.3, 0.4) is 0 Å². The number of carbonyl (C=O) groups excluding carboxylic acids is 1. The van der Waals surface area contributed by atoms with Crippen LogP contribution in [0.5, 0.6) is 5.75 Å². The molecule has 1 N–H and O–H groups in total. The molecule has 1 aliphatic rings. The van der Waals surface area contributed by atoms with Crippen molar-refractivity contribution in [3.63, 3.8) is 0 Å². The summed E-state index contributed by atoms with van der Waals surface area (Å²) in [5, 5.41) is 3.73. The maximum absolute atomic E-state index is 12.2. The molecule has 0 radical (unpaired) electrons. The molecule has 21 heavy (non-hydrogen) atoms. The third kappa shape index (κ3) is 4.25. The molecule has 2 rings (SSSR count). The van der Waals surface area contributed by atoms with Gasteiger partial charge in [-0.3, -0.25) is 4.79 Å². The normalized spacial score (nSPS) is 15.9. The monoisotopic (exact) mass is 311 g/mol. The predicted molar refractivity (Wildman–Crippen MR) is 85.2 cm³/mol. The van der Waals surface area contributed by atoms with E-state index < -0.39 is 0 Å². The van der Waals surface area contributed by atoms with Gasteiger partial charge in [0.25, 0.3) is 0 Å². The number of ether oxygens (including phenoxy) is 1. The van der Waals surface area contributed by atoms with E-state index in [0.717, 1.165) is 38.4 Å². The zero-order valence-electron chi connectivity index (χ0n) is 12.6. The number of methoxy groups -OCH3 is 1. The van der Waals surface area contributed by atoms with E-state index in [-0.39, 0.29) is 12.5 Å². The lowest BCUT2D eigenvalue weighted by atomic mass is 10.2. The Morgan fingerprint density at radius 2 is 2.05 bits per heavy atom. The number of rotatable bonds is 5. The lowest BCUT2D eigenvalue weighted by molar-refractivity contribution is -0.131. The van der Waals surface area contributed by atoms with Crippen molar-refractivity contribution < 1.29 is 9.53 Å². The Kier molecular flexibility index (Phi) is 5.70. The molecule has 1 saturated heterocycles. The van der Waals surface area contributed by atoms with E-state index in [4.69, 9.17) is 16.3 Å². The lowest BCUT2D eigenvalue weighted by Crippen LogP contribution is -2.49. The van der Waals surface area contributed by atoms with Crippen molar-refractivity contribution >= 4 is 23.2 Å². The van der Waals surface area contributed by atoms with Crippen molar-refractivity contribution in [1.82, 2.24) is 9.80 Å². The zero-order valence-corrected chi connectivity index (χ0v) is 13.3. The van der Waals surface area contributed by atoms with Gasteiger partial charge in [0.15, 0.2) is 0 Å². The van der Waals surface area contributed by atoms with Gasteiger partial charge < -0.3 is 19.9 Å². The minimum absolute atomic E-state index is 0.104. The molecule has 0 saturated carbocycles. The first-order valence-corrected chi connectivity index (χ1v) is 7.59. The molecule has 0 spiro atoms. The number of piperazine rings is 1. The van der Waals surface area contributed by atoms with Gasteiger partial charge in [-0.1, -0.05) is 18.5 Å². The number of likely N-dealkylation sites (N-methyl/N-ethyl adjacent to an activating group) is 1. The summed E-state index contributed by atoms with van der Waals surface area (Å²) in [6.07, 6.45) is 0. The SMILES string of the molecule is CCN1CCN(C(=O)CNc2cc(Cl)ccc2OC)CC1. The number of carbonyl (C=O) groups is 1. The van der Waals surface area contributed by atoms with Crippen LogP contribution in [0.2, 0.25) is 5.02 Å². The fourth-order valence-corrected chi connectivity index (χ4v) is 2.59. The molecule has 0 aromatic heterocycles. The fraction of sp³-hybridized carbons (Fsp3) is 0.533. The highest BCUT2D eigenvalue weighted by atomic mass is 35.5. The average Bonchev–Trinajstić information content (AvgIpc) is 2.52. The van der Waals surface area contributed by atoms with Crippen molar-refractivity contribution in [1.29, 1.82) is 0 Å². The number of hydrogen-bond acceptors (Lipinski definition) is 4. The first-order valence-electron chi connectivity index (χ1n) is 7.21. The summed E-state index contributed by atoms with van der Waals surface area (Å²) in [5.41, 5.74) is 0.741. The van der Waals surface area contributed by atoms with Gasteiger partial charge in [-0.15, -0.1) is 0 Å². The van der Waals surface area contributed by atoms with Crippen LogP contribution in [0.1, 0.15) is 6.92 Å². The second kappa shape index (κ2) is 7.52. The molecule has 1 aliphatic heterocycles. The Bertz CT molecular complexity index is 488. The first kappa shape index (κ1) is 15.9. The highest BCUT2D eigenvalue weighted by Crippen LogP contribution is 2.27. The quantitative estimate of drug-likeness (QED) is 0.902. The van der Waals surface area contributed by atoms with Crippen LogP contribution >= 0.6 is 11.6 Å². The summed E-state index contributed by atoms with van der Waals surface area (Å²) >= 11 is 5.97. The van der Waals surface area contributed by atoms with Crippen LogP contribution in [-0.4, -0.2) is 62.1 Å². The van der Waals surface area contributed by atoms with Gasteiger partial charge in [-0.25, -0.2) is 0 Å². The predicted octanol–water partition coefficient (Wildman–Crippen LogP) is 1.92. The van der Waals surface area contributed by atoms with Gasteiger partial charge in [0.05, 0.1) is 19.3 Å². The molecule has 1 aromatic rings. The molecule has 5 nitrogen and oxygen atoms in total. The van der Waals surface area contributed by atoms with Crippen molar-refractivity contribution in [2.24, 2.45) is 0 Å². The van der Waals surface area contributed by atoms with Gasteiger partial charge in [0.1, 0.15) is 5.75 Å². The summed E-state index contributed by atoms with van der Waals surface area (Å²) in [4.78, 5) is 16.5. The van der Waals surface area contributed by atoms with Crippen LogP contribution in [0.25, 0.3) is 0 Å². The van der Waals surface area contributed by atoms with E-state index >= 15 is 0 Å². The third-order valence-electron chi connectivity index (χ3n) is 3.76. The molecular formula is C15H22ClN3O2. The number of amides is 1. The van der Waals surface area contributed by atoms with Gasteiger partial charge in [-0.05, 0) is 24.7 Å². The molecule has 0 unspecified atom stereocenters. The largest absolute Gasteiger partial charge is 0.495 e. The smallest absolute Gasteiger partial charge is 0.241 e. The van der Waals surface area contributed by atoms with Gasteiger partial charge in [0.2, 0.25) is 5.91 Å². The van der Waals surface area contributed by atoms with E-state index in [0.29, 0.717) is 10.8 Å². The van der Waals surface area contributed by atoms with E-state index in [1.165, 1.54) is 0 Å². The highest BCUT2D eigenvalue weighted by Gasteiger charge is 2.20.